The summed E-state index contributed by atoms with van der Waals surface area (Å²) in [6, 6.07) is 8.82. The van der Waals surface area contributed by atoms with E-state index in [1.165, 1.54) is 56.1 Å². The van der Waals surface area contributed by atoms with Crippen molar-refractivity contribution >= 4 is 5.97 Å². The molecule has 1 N–H and O–H groups in total. The van der Waals surface area contributed by atoms with Crippen molar-refractivity contribution in [3.8, 4) is 0 Å². The first-order valence-electron chi connectivity index (χ1n) is 8.05. The molecule has 0 amide bonds. The smallest absolute Gasteiger partial charge is 0.303 e. The fourth-order valence-corrected chi connectivity index (χ4v) is 3.72. The van der Waals surface area contributed by atoms with E-state index >= 15 is 0 Å². The molecule has 1 atom stereocenters. The molecule has 0 aliphatic heterocycles. The standard InChI is InChI=1S/C18H24O2/c19-18(20)12-17(14-9-10-14)16-8-4-7-15(11-16)13-5-2-1-3-6-13/h4,7-8,11,13-14,17H,1-3,5-6,9-10,12H2,(H,19,20). The molecular weight excluding hydrogens is 248 g/mol. The molecule has 108 valence electrons. The van der Waals surface area contributed by atoms with E-state index in [4.69, 9.17) is 5.11 Å². The molecule has 2 aliphatic carbocycles. The van der Waals surface area contributed by atoms with Crippen molar-refractivity contribution < 1.29 is 9.90 Å². The highest BCUT2D eigenvalue weighted by Crippen LogP contribution is 2.45. The lowest BCUT2D eigenvalue weighted by molar-refractivity contribution is -0.137. The zero-order valence-corrected chi connectivity index (χ0v) is 12.1. The van der Waals surface area contributed by atoms with Crippen LogP contribution in [0, 0.1) is 5.92 Å². The number of benzene rings is 1. The molecule has 2 nitrogen and oxygen atoms in total. The Bertz CT molecular complexity index is 470. The van der Waals surface area contributed by atoms with Gasteiger partial charge in [0.2, 0.25) is 0 Å². The Kier molecular flexibility index (Phi) is 4.09. The zero-order valence-electron chi connectivity index (χ0n) is 12.1. The summed E-state index contributed by atoms with van der Waals surface area (Å²) in [5.41, 5.74) is 2.70. The molecule has 0 bridgehead atoms. The van der Waals surface area contributed by atoms with Crippen LogP contribution in [0.25, 0.3) is 0 Å². The maximum absolute atomic E-state index is 11.1. The van der Waals surface area contributed by atoms with Crippen molar-refractivity contribution in [1.29, 1.82) is 0 Å². The number of carbonyl (C=O) groups is 1. The van der Waals surface area contributed by atoms with E-state index in [1.54, 1.807) is 0 Å². The van der Waals surface area contributed by atoms with Gasteiger partial charge in [0.1, 0.15) is 0 Å². The first-order valence-corrected chi connectivity index (χ1v) is 8.05. The van der Waals surface area contributed by atoms with Gasteiger partial charge in [0.15, 0.2) is 0 Å². The number of carboxylic acids is 1. The molecule has 1 aromatic rings. The highest BCUT2D eigenvalue weighted by Gasteiger charge is 2.34. The molecule has 0 spiro atoms. The van der Waals surface area contributed by atoms with Crippen LogP contribution in [-0.2, 0) is 4.79 Å². The second-order valence-electron chi connectivity index (χ2n) is 6.55. The molecule has 0 radical (unpaired) electrons. The second-order valence-corrected chi connectivity index (χ2v) is 6.55. The van der Waals surface area contributed by atoms with E-state index < -0.39 is 5.97 Å². The van der Waals surface area contributed by atoms with Gasteiger partial charge >= 0.3 is 5.97 Å². The highest BCUT2D eigenvalue weighted by molar-refractivity contribution is 5.68. The van der Waals surface area contributed by atoms with Gasteiger partial charge in [0.25, 0.3) is 0 Å². The summed E-state index contributed by atoms with van der Waals surface area (Å²) in [7, 11) is 0. The summed E-state index contributed by atoms with van der Waals surface area (Å²) in [6.45, 7) is 0. The number of carboxylic acid groups (broad SMARTS) is 1. The molecule has 3 rings (SSSR count). The first-order chi connectivity index (χ1) is 9.74. The van der Waals surface area contributed by atoms with E-state index in [9.17, 15) is 4.79 Å². The molecule has 2 saturated carbocycles. The van der Waals surface area contributed by atoms with Crippen molar-refractivity contribution in [2.75, 3.05) is 0 Å². The van der Waals surface area contributed by atoms with E-state index in [2.05, 4.69) is 24.3 Å². The summed E-state index contributed by atoms with van der Waals surface area (Å²) in [6.07, 6.45) is 9.36. The number of rotatable bonds is 5. The van der Waals surface area contributed by atoms with Crippen LogP contribution in [0.3, 0.4) is 0 Å². The third kappa shape index (κ3) is 3.23. The van der Waals surface area contributed by atoms with Crippen molar-refractivity contribution in [2.45, 2.75) is 63.2 Å². The molecule has 2 aliphatic rings. The van der Waals surface area contributed by atoms with E-state index in [-0.39, 0.29) is 5.92 Å². The summed E-state index contributed by atoms with van der Waals surface area (Å²) in [5.74, 6) is 0.877. The quantitative estimate of drug-likeness (QED) is 0.843. The third-order valence-electron chi connectivity index (χ3n) is 5.00. The Balaban J connectivity index is 1.79. The molecular formula is C18H24O2. The highest BCUT2D eigenvalue weighted by atomic mass is 16.4. The minimum Gasteiger partial charge on any atom is -0.481 e. The molecule has 0 heterocycles. The number of hydrogen-bond acceptors (Lipinski definition) is 1. The molecule has 1 aromatic carbocycles. The first kappa shape index (κ1) is 13.7. The fraction of sp³-hybridized carbons (Fsp3) is 0.611. The van der Waals surface area contributed by atoms with Crippen molar-refractivity contribution in [1.82, 2.24) is 0 Å². The lowest BCUT2D eigenvalue weighted by Gasteiger charge is -2.23. The number of hydrogen-bond donors (Lipinski definition) is 1. The van der Waals surface area contributed by atoms with Crippen molar-refractivity contribution in [3.05, 3.63) is 35.4 Å². The molecule has 0 aromatic heterocycles. The van der Waals surface area contributed by atoms with Crippen molar-refractivity contribution in [3.63, 3.8) is 0 Å². The average Bonchev–Trinajstić information content (AvgIpc) is 3.30. The Labute approximate surface area is 121 Å². The van der Waals surface area contributed by atoms with Gasteiger partial charge in [-0.3, -0.25) is 4.79 Å². The van der Waals surface area contributed by atoms with Gasteiger partial charge in [-0.2, -0.15) is 0 Å². The van der Waals surface area contributed by atoms with Gasteiger partial charge in [-0.1, -0.05) is 43.5 Å². The maximum Gasteiger partial charge on any atom is 0.303 e. The summed E-state index contributed by atoms with van der Waals surface area (Å²) in [4.78, 5) is 11.1. The zero-order chi connectivity index (χ0) is 13.9. The van der Waals surface area contributed by atoms with Crippen LogP contribution in [0.2, 0.25) is 0 Å². The third-order valence-corrected chi connectivity index (χ3v) is 5.00. The van der Waals surface area contributed by atoms with Gasteiger partial charge in [0.05, 0.1) is 6.42 Å². The fourth-order valence-electron chi connectivity index (χ4n) is 3.72. The average molecular weight is 272 g/mol. The molecule has 2 heteroatoms. The molecule has 1 unspecified atom stereocenters. The van der Waals surface area contributed by atoms with Crippen LogP contribution in [0.15, 0.2) is 24.3 Å². The van der Waals surface area contributed by atoms with E-state index in [0.717, 1.165) is 0 Å². The summed E-state index contributed by atoms with van der Waals surface area (Å²) in [5, 5.41) is 9.14. The van der Waals surface area contributed by atoms with E-state index in [0.29, 0.717) is 18.3 Å². The van der Waals surface area contributed by atoms with Gasteiger partial charge < -0.3 is 5.11 Å². The Morgan fingerprint density at radius 3 is 2.55 bits per heavy atom. The summed E-state index contributed by atoms with van der Waals surface area (Å²) < 4.78 is 0. The number of aliphatic carboxylic acids is 1. The van der Waals surface area contributed by atoms with Crippen LogP contribution < -0.4 is 0 Å². The summed E-state index contributed by atoms with van der Waals surface area (Å²) >= 11 is 0. The van der Waals surface area contributed by atoms with Crippen LogP contribution in [-0.4, -0.2) is 11.1 Å². The predicted octanol–water partition coefficient (Wildman–Crippen LogP) is 4.70. The molecule has 20 heavy (non-hydrogen) atoms. The van der Waals surface area contributed by atoms with Gasteiger partial charge in [-0.25, -0.2) is 0 Å². The van der Waals surface area contributed by atoms with Gasteiger partial charge in [0, 0.05) is 0 Å². The normalized spacial score (nSPS) is 21.6. The van der Waals surface area contributed by atoms with Crippen LogP contribution >= 0.6 is 0 Å². The Hall–Kier alpha value is -1.31. The predicted molar refractivity (Wildman–Crippen MR) is 80.0 cm³/mol. The lowest BCUT2D eigenvalue weighted by Crippen LogP contribution is -2.10. The topological polar surface area (TPSA) is 37.3 Å². The van der Waals surface area contributed by atoms with Crippen LogP contribution in [0.1, 0.15) is 74.3 Å². The molecule has 2 fully saturated rings. The van der Waals surface area contributed by atoms with Crippen LogP contribution in [0.5, 0.6) is 0 Å². The minimum absolute atomic E-state index is 0.232. The SMILES string of the molecule is O=C(O)CC(c1cccc(C2CCCCC2)c1)C1CC1. The Morgan fingerprint density at radius 1 is 1.15 bits per heavy atom. The van der Waals surface area contributed by atoms with Gasteiger partial charge in [-0.05, 0) is 54.6 Å². The van der Waals surface area contributed by atoms with Gasteiger partial charge in [-0.15, -0.1) is 0 Å². The van der Waals surface area contributed by atoms with E-state index in [1.807, 2.05) is 0 Å². The lowest BCUT2D eigenvalue weighted by atomic mass is 9.82. The molecule has 0 saturated heterocycles. The Morgan fingerprint density at radius 2 is 1.90 bits per heavy atom. The van der Waals surface area contributed by atoms with Crippen molar-refractivity contribution in [2.24, 2.45) is 5.92 Å². The maximum atomic E-state index is 11.1. The minimum atomic E-state index is -0.662. The van der Waals surface area contributed by atoms with Crippen LogP contribution in [0.4, 0.5) is 0 Å². The second kappa shape index (κ2) is 5.99. The monoisotopic (exact) mass is 272 g/mol. The largest absolute Gasteiger partial charge is 0.481 e.